The topological polar surface area (TPSA) is 82.8 Å². The smallest absolute Gasteiger partial charge is 0.231 e. The summed E-state index contributed by atoms with van der Waals surface area (Å²) in [4.78, 5) is 18.7. The van der Waals surface area contributed by atoms with Crippen molar-refractivity contribution in [3.63, 3.8) is 0 Å². The Morgan fingerprint density at radius 2 is 2.00 bits per heavy atom. The van der Waals surface area contributed by atoms with Gasteiger partial charge in [0.2, 0.25) is 5.91 Å². The molecule has 0 aromatic heterocycles. The summed E-state index contributed by atoms with van der Waals surface area (Å²) in [6.45, 7) is 5.18. The summed E-state index contributed by atoms with van der Waals surface area (Å²) in [7, 11) is 1.80. The van der Waals surface area contributed by atoms with Crippen molar-refractivity contribution in [1.82, 2.24) is 15.5 Å². The summed E-state index contributed by atoms with van der Waals surface area (Å²) < 4.78 is 0. The molecular formula is C18H30IN5OS. The third-order valence-corrected chi connectivity index (χ3v) is 5.28. The maximum atomic E-state index is 11.0. The van der Waals surface area contributed by atoms with E-state index in [1.807, 2.05) is 17.8 Å². The molecule has 6 nitrogen and oxygen atoms in total. The summed E-state index contributed by atoms with van der Waals surface area (Å²) in [6.07, 6.45) is 1.98. The standard InChI is InChI=1S/C18H29N5OS.HI/c1-14(25-16-6-4-3-5-7-16)12-21-18(20-2)22-15-8-10-23(11-9-15)13-17(19)24;/h3-7,14-15H,8-13H2,1-2H3,(H2,19,24)(H2,20,21,22);1H. The minimum atomic E-state index is -0.256. The van der Waals surface area contributed by atoms with Gasteiger partial charge in [0, 0.05) is 42.9 Å². The van der Waals surface area contributed by atoms with Crippen LogP contribution in [-0.4, -0.2) is 61.3 Å². The van der Waals surface area contributed by atoms with Crippen LogP contribution < -0.4 is 16.4 Å². The van der Waals surface area contributed by atoms with Gasteiger partial charge in [0.1, 0.15) is 0 Å². The highest BCUT2D eigenvalue weighted by Gasteiger charge is 2.20. The van der Waals surface area contributed by atoms with Gasteiger partial charge >= 0.3 is 0 Å². The van der Waals surface area contributed by atoms with E-state index in [1.54, 1.807) is 7.05 Å². The van der Waals surface area contributed by atoms with Gasteiger partial charge in [-0.1, -0.05) is 25.1 Å². The second-order valence-corrected chi connectivity index (χ2v) is 7.87. The van der Waals surface area contributed by atoms with E-state index >= 15 is 0 Å². The monoisotopic (exact) mass is 491 g/mol. The Labute approximate surface area is 177 Å². The SMILES string of the molecule is CN=C(NCC(C)Sc1ccccc1)NC1CCN(CC(N)=O)CC1.I. The van der Waals surface area contributed by atoms with E-state index in [-0.39, 0.29) is 29.9 Å². The van der Waals surface area contributed by atoms with Gasteiger partial charge in [0.05, 0.1) is 6.54 Å². The second-order valence-electron chi connectivity index (χ2n) is 6.36. The van der Waals surface area contributed by atoms with Crippen LogP contribution in [-0.2, 0) is 4.79 Å². The van der Waals surface area contributed by atoms with Crippen molar-refractivity contribution >= 4 is 47.6 Å². The van der Waals surface area contributed by atoms with Crippen LogP contribution in [0.2, 0.25) is 0 Å². The van der Waals surface area contributed by atoms with Crippen LogP contribution in [0.1, 0.15) is 19.8 Å². The highest BCUT2D eigenvalue weighted by molar-refractivity contribution is 14.0. The highest BCUT2D eigenvalue weighted by Crippen LogP contribution is 2.21. The van der Waals surface area contributed by atoms with Crippen LogP contribution in [0.5, 0.6) is 0 Å². The molecule has 1 aliphatic heterocycles. The van der Waals surface area contributed by atoms with Crippen LogP contribution in [0.25, 0.3) is 0 Å². The Bertz CT molecular complexity index is 564. The zero-order valence-electron chi connectivity index (χ0n) is 15.5. The predicted molar refractivity (Wildman–Crippen MR) is 120 cm³/mol. The largest absolute Gasteiger partial charge is 0.369 e. The molecule has 1 atom stereocenters. The molecule has 1 aliphatic rings. The molecule has 26 heavy (non-hydrogen) atoms. The Hall–Kier alpha value is -1.00. The number of aliphatic imine (C=N–C) groups is 1. The maximum Gasteiger partial charge on any atom is 0.231 e. The number of nitrogens with one attached hydrogen (secondary N) is 2. The van der Waals surface area contributed by atoms with Crippen LogP contribution in [0.15, 0.2) is 40.2 Å². The lowest BCUT2D eigenvalue weighted by Crippen LogP contribution is -2.50. The number of hydrogen-bond donors (Lipinski definition) is 3. The number of amides is 1. The number of likely N-dealkylation sites (tertiary alicyclic amines) is 1. The molecule has 1 fully saturated rings. The number of primary amides is 1. The lowest BCUT2D eigenvalue weighted by atomic mass is 10.1. The van der Waals surface area contributed by atoms with Crippen molar-refractivity contribution in [2.24, 2.45) is 10.7 Å². The van der Waals surface area contributed by atoms with E-state index in [0.717, 1.165) is 38.4 Å². The summed E-state index contributed by atoms with van der Waals surface area (Å²) in [5.74, 6) is 0.586. The minimum absolute atomic E-state index is 0. The first-order valence-corrected chi connectivity index (χ1v) is 9.64. The number of benzene rings is 1. The van der Waals surface area contributed by atoms with Crippen LogP contribution in [0, 0.1) is 0 Å². The molecule has 0 aliphatic carbocycles. The maximum absolute atomic E-state index is 11.0. The highest BCUT2D eigenvalue weighted by atomic mass is 127. The number of carbonyl (C=O) groups excluding carboxylic acids is 1. The average Bonchev–Trinajstić information content (AvgIpc) is 2.60. The van der Waals surface area contributed by atoms with E-state index < -0.39 is 0 Å². The van der Waals surface area contributed by atoms with Gasteiger partial charge in [-0.25, -0.2) is 0 Å². The molecule has 1 amide bonds. The molecule has 146 valence electrons. The molecule has 0 spiro atoms. The summed E-state index contributed by atoms with van der Waals surface area (Å²) >= 11 is 1.85. The molecule has 8 heteroatoms. The van der Waals surface area contributed by atoms with Crippen molar-refractivity contribution in [2.75, 3.05) is 33.2 Å². The first kappa shape index (κ1) is 23.0. The normalized spacial score (nSPS) is 17.2. The summed E-state index contributed by atoms with van der Waals surface area (Å²) in [5, 5.41) is 7.34. The summed E-state index contributed by atoms with van der Waals surface area (Å²) in [5.41, 5.74) is 5.26. The van der Waals surface area contributed by atoms with E-state index in [2.05, 4.69) is 51.7 Å². The molecule has 1 unspecified atom stereocenters. The van der Waals surface area contributed by atoms with Gasteiger partial charge in [-0.3, -0.25) is 14.7 Å². The van der Waals surface area contributed by atoms with Gasteiger partial charge in [-0.15, -0.1) is 35.7 Å². The van der Waals surface area contributed by atoms with Crippen LogP contribution >= 0.6 is 35.7 Å². The fourth-order valence-electron chi connectivity index (χ4n) is 2.86. The van der Waals surface area contributed by atoms with Crippen molar-refractivity contribution in [1.29, 1.82) is 0 Å². The molecule has 1 aromatic carbocycles. The second kappa shape index (κ2) is 12.4. The van der Waals surface area contributed by atoms with Crippen LogP contribution in [0.3, 0.4) is 0 Å². The number of guanidine groups is 1. The van der Waals surface area contributed by atoms with E-state index in [4.69, 9.17) is 5.73 Å². The van der Waals surface area contributed by atoms with Gasteiger partial charge in [-0.05, 0) is 25.0 Å². The molecule has 0 radical (unpaired) electrons. The van der Waals surface area contributed by atoms with E-state index in [0.29, 0.717) is 17.8 Å². The molecule has 1 heterocycles. The lowest BCUT2D eigenvalue weighted by molar-refractivity contribution is -0.119. The van der Waals surface area contributed by atoms with Crippen molar-refractivity contribution in [3.8, 4) is 0 Å². The first-order valence-electron chi connectivity index (χ1n) is 8.76. The zero-order chi connectivity index (χ0) is 18.1. The van der Waals surface area contributed by atoms with E-state index in [9.17, 15) is 4.79 Å². The number of halogens is 1. The quantitative estimate of drug-likeness (QED) is 0.235. The number of hydrogen-bond acceptors (Lipinski definition) is 4. The lowest BCUT2D eigenvalue weighted by Gasteiger charge is -2.32. The number of nitrogens with two attached hydrogens (primary N) is 1. The van der Waals surface area contributed by atoms with Gasteiger partial charge in [-0.2, -0.15) is 0 Å². The number of carbonyl (C=O) groups is 1. The number of rotatable bonds is 7. The van der Waals surface area contributed by atoms with Gasteiger partial charge < -0.3 is 16.4 Å². The van der Waals surface area contributed by atoms with Crippen molar-refractivity contribution in [2.45, 2.75) is 36.0 Å². The fraction of sp³-hybridized carbons (Fsp3) is 0.556. The Kier molecular flexibility index (Phi) is 11.0. The number of nitrogens with zero attached hydrogens (tertiary/aromatic N) is 2. The van der Waals surface area contributed by atoms with Crippen molar-refractivity contribution in [3.05, 3.63) is 30.3 Å². The molecular weight excluding hydrogens is 461 g/mol. The molecule has 1 aromatic rings. The molecule has 4 N–H and O–H groups in total. The Morgan fingerprint density at radius 1 is 1.35 bits per heavy atom. The minimum Gasteiger partial charge on any atom is -0.369 e. The average molecular weight is 491 g/mol. The zero-order valence-corrected chi connectivity index (χ0v) is 18.6. The fourth-order valence-corrected chi connectivity index (χ4v) is 3.80. The Morgan fingerprint density at radius 3 is 2.58 bits per heavy atom. The van der Waals surface area contributed by atoms with Crippen molar-refractivity contribution < 1.29 is 4.79 Å². The molecule has 2 rings (SSSR count). The first-order chi connectivity index (χ1) is 12.1. The number of thioether (sulfide) groups is 1. The molecule has 0 bridgehead atoms. The Balaban J connectivity index is 0.00000338. The molecule has 1 saturated heterocycles. The van der Waals surface area contributed by atoms with E-state index in [1.165, 1.54) is 4.90 Å². The van der Waals surface area contributed by atoms with Crippen LogP contribution in [0.4, 0.5) is 0 Å². The molecule has 0 saturated carbocycles. The predicted octanol–water partition coefficient (Wildman–Crippen LogP) is 1.90. The van der Waals surface area contributed by atoms with Gasteiger partial charge in [0.15, 0.2) is 5.96 Å². The number of piperidine rings is 1. The van der Waals surface area contributed by atoms with Gasteiger partial charge in [0.25, 0.3) is 0 Å². The third-order valence-electron chi connectivity index (χ3n) is 4.17. The third kappa shape index (κ3) is 8.59. The summed E-state index contributed by atoms with van der Waals surface area (Å²) in [6, 6.07) is 10.8.